The van der Waals surface area contributed by atoms with Gasteiger partial charge in [-0.1, -0.05) is 0 Å². The maximum absolute atomic E-state index is 12.1. The number of amides is 1. The lowest BCUT2D eigenvalue weighted by Gasteiger charge is -2.10. The maximum Gasteiger partial charge on any atom is 0.323 e. The normalized spacial score (nSPS) is 19.7. The molecular weight excluding hydrogens is 320 g/mol. The molecule has 0 bridgehead atoms. The predicted octanol–water partition coefficient (Wildman–Crippen LogP) is 1.10. The van der Waals surface area contributed by atoms with Crippen molar-refractivity contribution in [3.05, 3.63) is 30.5 Å². The van der Waals surface area contributed by atoms with Gasteiger partial charge in [0.2, 0.25) is 5.91 Å². The highest BCUT2D eigenvalue weighted by Crippen LogP contribution is 2.23. The van der Waals surface area contributed by atoms with Gasteiger partial charge >= 0.3 is 5.97 Å². The molecule has 1 aromatic carbocycles. The zero-order valence-corrected chi connectivity index (χ0v) is 13.0. The molecule has 1 aliphatic rings. The number of anilines is 1. The largest absolute Gasteiger partial charge is 0.480 e. The Hall–Kier alpha value is -2.35. The number of hydrogen-bond donors (Lipinski definition) is 2. The first-order chi connectivity index (χ1) is 10.8. The summed E-state index contributed by atoms with van der Waals surface area (Å²) in [6.45, 7) is -0.130. The van der Waals surface area contributed by atoms with Crippen LogP contribution in [0.1, 0.15) is 6.42 Å². The molecule has 3 rings (SSSR count). The number of carboxylic acids is 1. The second-order valence-corrected chi connectivity index (χ2v) is 7.93. The zero-order chi connectivity index (χ0) is 16.6. The second kappa shape index (κ2) is 5.69. The van der Waals surface area contributed by atoms with Crippen LogP contribution < -0.4 is 5.32 Å². The van der Waals surface area contributed by atoms with Crippen molar-refractivity contribution in [1.82, 2.24) is 4.57 Å². The van der Waals surface area contributed by atoms with Gasteiger partial charge in [0.25, 0.3) is 0 Å². The van der Waals surface area contributed by atoms with Gasteiger partial charge in [-0.25, -0.2) is 8.42 Å². The molecule has 122 valence electrons. The molecular formula is C15H16N2O5S. The number of carbonyl (C=O) groups excluding carboxylic acids is 1. The topological polar surface area (TPSA) is 105 Å². The fraction of sp³-hybridized carbons (Fsp3) is 0.333. The van der Waals surface area contributed by atoms with Crippen molar-refractivity contribution in [2.75, 3.05) is 16.8 Å². The summed E-state index contributed by atoms with van der Waals surface area (Å²) in [4.78, 5) is 22.9. The van der Waals surface area contributed by atoms with E-state index in [9.17, 15) is 18.0 Å². The van der Waals surface area contributed by atoms with E-state index in [1.807, 2.05) is 0 Å². The number of fused-ring (bicyclic) bond motifs is 1. The van der Waals surface area contributed by atoms with Gasteiger partial charge in [-0.05, 0) is 30.7 Å². The number of aliphatic carboxylic acids is 1. The molecule has 1 aromatic heterocycles. The van der Waals surface area contributed by atoms with Crippen LogP contribution >= 0.6 is 0 Å². The van der Waals surface area contributed by atoms with Crippen LogP contribution in [0, 0.1) is 5.92 Å². The van der Waals surface area contributed by atoms with Crippen molar-refractivity contribution in [1.29, 1.82) is 0 Å². The van der Waals surface area contributed by atoms with Crippen molar-refractivity contribution in [3.8, 4) is 0 Å². The van der Waals surface area contributed by atoms with Gasteiger partial charge in [-0.2, -0.15) is 0 Å². The van der Waals surface area contributed by atoms with Gasteiger partial charge < -0.3 is 15.0 Å². The first-order valence-corrected chi connectivity index (χ1v) is 8.98. The van der Waals surface area contributed by atoms with E-state index in [4.69, 9.17) is 5.11 Å². The molecule has 0 spiro atoms. The van der Waals surface area contributed by atoms with Crippen molar-refractivity contribution in [3.63, 3.8) is 0 Å². The minimum atomic E-state index is -3.10. The summed E-state index contributed by atoms with van der Waals surface area (Å²) in [5, 5.41) is 12.4. The molecule has 8 heteroatoms. The van der Waals surface area contributed by atoms with Crippen LogP contribution in [-0.2, 0) is 26.0 Å². The fourth-order valence-corrected chi connectivity index (χ4v) is 4.55. The average molecular weight is 336 g/mol. The molecule has 1 amide bonds. The number of carboxylic acid groups (broad SMARTS) is 1. The van der Waals surface area contributed by atoms with Gasteiger partial charge in [0.15, 0.2) is 9.84 Å². The van der Waals surface area contributed by atoms with E-state index in [1.54, 1.807) is 35.0 Å². The van der Waals surface area contributed by atoms with E-state index in [-0.39, 0.29) is 24.0 Å². The van der Waals surface area contributed by atoms with Crippen LogP contribution in [0.3, 0.4) is 0 Å². The molecule has 1 aliphatic heterocycles. The number of hydrogen-bond acceptors (Lipinski definition) is 4. The average Bonchev–Trinajstić information content (AvgIpc) is 3.02. The lowest BCUT2D eigenvalue weighted by atomic mass is 10.1. The molecule has 2 heterocycles. The van der Waals surface area contributed by atoms with Gasteiger partial charge in [0.1, 0.15) is 6.54 Å². The zero-order valence-electron chi connectivity index (χ0n) is 12.2. The van der Waals surface area contributed by atoms with Gasteiger partial charge in [0.05, 0.1) is 17.4 Å². The van der Waals surface area contributed by atoms with Gasteiger partial charge in [-0.15, -0.1) is 0 Å². The third-order valence-electron chi connectivity index (χ3n) is 3.95. The van der Waals surface area contributed by atoms with Crippen molar-refractivity contribution in [2.24, 2.45) is 5.92 Å². The van der Waals surface area contributed by atoms with Crippen LogP contribution in [0.2, 0.25) is 0 Å². The molecule has 1 saturated heterocycles. The van der Waals surface area contributed by atoms with Crippen LogP contribution in [0.15, 0.2) is 30.5 Å². The molecule has 0 saturated carbocycles. The Labute approximate surface area is 132 Å². The second-order valence-electron chi connectivity index (χ2n) is 5.70. The van der Waals surface area contributed by atoms with E-state index in [0.29, 0.717) is 12.1 Å². The molecule has 7 nitrogen and oxygen atoms in total. The Kier molecular flexibility index (Phi) is 3.85. The standard InChI is InChI=1S/C15H16N2O5S/c18-14(19)8-17-5-3-10-7-12(1-2-13(10)17)16-15(20)11-4-6-23(21,22)9-11/h1-3,5,7,11H,4,6,8-9H2,(H,16,20)(H,18,19). The van der Waals surface area contributed by atoms with E-state index >= 15 is 0 Å². The number of benzene rings is 1. The molecule has 0 radical (unpaired) electrons. The Bertz CT molecular complexity index is 884. The summed E-state index contributed by atoms with van der Waals surface area (Å²) >= 11 is 0. The van der Waals surface area contributed by atoms with Gasteiger partial charge in [0, 0.05) is 22.8 Å². The smallest absolute Gasteiger partial charge is 0.323 e. The van der Waals surface area contributed by atoms with E-state index < -0.39 is 21.7 Å². The minimum absolute atomic E-state index is 0.0577. The summed E-state index contributed by atoms with van der Waals surface area (Å²) in [5.41, 5.74) is 1.33. The number of nitrogens with zero attached hydrogens (tertiary/aromatic N) is 1. The maximum atomic E-state index is 12.1. The summed E-state index contributed by atoms with van der Waals surface area (Å²) in [6, 6.07) is 6.93. The van der Waals surface area contributed by atoms with Crippen LogP contribution in [0.25, 0.3) is 10.9 Å². The lowest BCUT2D eigenvalue weighted by Crippen LogP contribution is -2.23. The van der Waals surface area contributed by atoms with Crippen LogP contribution in [-0.4, -0.2) is 41.5 Å². The Morgan fingerprint density at radius 1 is 1.30 bits per heavy atom. The number of rotatable bonds is 4. The summed E-state index contributed by atoms with van der Waals surface area (Å²) in [7, 11) is -3.10. The summed E-state index contributed by atoms with van der Waals surface area (Å²) in [6.07, 6.45) is 2.03. The molecule has 2 N–H and O–H groups in total. The van der Waals surface area contributed by atoms with E-state index in [2.05, 4.69) is 5.32 Å². The third-order valence-corrected chi connectivity index (χ3v) is 5.72. The summed E-state index contributed by atoms with van der Waals surface area (Å²) < 4.78 is 24.5. The van der Waals surface area contributed by atoms with Crippen LogP contribution in [0.5, 0.6) is 0 Å². The highest BCUT2D eigenvalue weighted by atomic mass is 32.2. The Morgan fingerprint density at radius 3 is 2.74 bits per heavy atom. The minimum Gasteiger partial charge on any atom is -0.480 e. The number of carbonyl (C=O) groups is 2. The highest BCUT2D eigenvalue weighted by Gasteiger charge is 2.32. The summed E-state index contributed by atoms with van der Waals surface area (Å²) in [5.74, 6) is -1.77. The first-order valence-electron chi connectivity index (χ1n) is 7.16. The molecule has 0 aliphatic carbocycles. The fourth-order valence-electron chi connectivity index (χ4n) is 2.81. The van der Waals surface area contributed by atoms with E-state index in [1.165, 1.54) is 0 Å². The quantitative estimate of drug-likeness (QED) is 0.870. The molecule has 2 aromatic rings. The van der Waals surface area contributed by atoms with Crippen molar-refractivity contribution >= 4 is 38.3 Å². The Morgan fingerprint density at radius 2 is 2.09 bits per heavy atom. The van der Waals surface area contributed by atoms with Crippen molar-refractivity contribution < 1.29 is 23.1 Å². The number of aromatic nitrogens is 1. The van der Waals surface area contributed by atoms with Gasteiger partial charge in [-0.3, -0.25) is 9.59 Å². The number of sulfone groups is 1. The van der Waals surface area contributed by atoms with Crippen molar-refractivity contribution in [2.45, 2.75) is 13.0 Å². The first kappa shape index (κ1) is 15.5. The third kappa shape index (κ3) is 3.37. The number of nitrogens with one attached hydrogen (secondary N) is 1. The molecule has 23 heavy (non-hydrogen) atoms. The molecule has 1 fully saturated rings. The molecule has 1 atom stereocenters. The van der Waals surface area contributed by atoms with E-state index in [0.717, 1.165) is 10.9 Å². The molecule has 1 unspecified atom stereocenters. The monoisotopic (exact) mass is 336 g/mol. The SMILES string of the molecule is O=C(O)Cn1ccc2cc(NC(=O)C3CCS(=O)(=O)C3)ccc21. The lowest BCUT2D eigenvalue weighted by molar-refractivity contribution is -0.137. The predicted molar refractivity (Wildman–Crippen MR) is 85.0 cm³/mol. The van der Waals surface area contributed by atoms with Crippen LogP contribution in [0.4, 0.5) is 5.69 Å². The highest BCUT2D eigenvalue weighted by molar-refractivity contribution is 7.91. The Balaban J connectivity index is 1.76.